The van der Waals surface area contributed by atoms with E-state index in [1.54, 1.807) is 13.2 Å². The summed E-state index contributed by atoms with van der Waals surface area (Å²) in [4.78, 5) is 12.5. The fourth-order valence-electron chi connectivity index (χ4n) is 2.82. The molecule has 136 valence electrons. The van der Waals surface area contributed by atoms with Gasteiger partial charge in [-0.05, 0) is 30.7 Å². The van der Waals surface area contributed by atoms with Crippen LogP contribution in [0.5, 0.6) is 5.75 Å². The monoisotopic (exact) mass is 354 g/mol. The van der Waals surface area contributed by atoms with E-state index in [2.05, 4.69) is 5.10 Å². The predicted molar refractivity (Wildman–Crippen MR) is 99.4 cm³/mol. The van der Waals surface area contributed by atoms with Gasteiger partial charge in [-0.1, -0.05) is 30.3 Å². The Bertz CT molecular complexity index is 935. The van der Waals surface area contributed by atoms with Crippen LogP contribution >= 0.6 is 0 Å². The van der Waals surface area contributed by atoms with Crippen LogP contribution < -0.4 is 10.3 Å². The maximum Gasteiger partial charge on any atom is 0.274 e. The van der Waals surface area contributed by atoms with Gasteiger partial charge in [0.05, 0.1) is 44.1 Å². The molecule has 0 saturated carbocycles. The summed E-state index contributed by atoms with van der Waals surface area (Å²) in [5, 5.41) is 15.9. The number of aliphatic hydroxyl groups excluding tert-OH is 1. The average molecular weight is 354 g/mol. The lowest BCUT2D eigenvalue weighted by Crippen LogP contribution is -2.31. The van der Waals surface area contributed by atoms with Crippen LogP contribution in [0.15, 0.2) is 53.3 Å². The zero-order valence-electron chi connectivity index (χ0n) is 14.9. The van der Waals surface area contributed by atoms with E-state index in [9.17, 15) is 9.90 Å². The average Bonchev–Trinajstić information content (AvgIpc) is 2.66. The van der Waals surface area contributed by atoms with Crippen molar-refractivity contribution >= 4 is 10.8 Å². The second-order valence-corrected chi connectivity index (χ2v) is 6.14. The number of aromatic nitrogens is 2. The first-order valence-electron chi connectivity index (χ1n) is 8.43. The van der Waals surface area contributed by atoms with E-state index in [0.29, 0.717) is 12.0 Å². The molecule has 0 saturated heterocycles. The van der Waals surface area contributed by atoms with Gasteiger partial charge in [-0.3, -0.25) is 4.79 Å². The Morgan fingerprint density at radius 2 is 1.81 bits per heavy atom. The number of aliphatic hydroxyl groups is 1. The largest absolute Gasteiger partial charge is 0.497 e. The number of benzene rings is 2. The van der Waals surface area contributed by atoms with Crippen LogP contribution in [-0.2, 0) is 17.9 Å². The standard InChI is InChI=1S/C20H22N2O4/c1-14-18-5-3-4-6-19(18)20(24)22(21-14)11-16(23)13-26-12-15-7-9-17(25-2)10-8-15/h3-10,16,23H,11-13H2,1-2H3. The molecule has 6 heteroatoms. The van der Waals surface area contributed by atoms with Crippen LogP contribution in [0.25, 0.3) is 10.8 Å². The summed E-state index contributed by atoms with van der Waals surface area (Å²) < 4.78 is 12.0. The summed E-state index contributed by atoms with van der Waals surface area (Å²) in [5.74, 6) is 0.783. The van der Waals surface area contributed by atoms with Crippen LogP contribution in [0.1, 0.15) is 11.3 Å². The van der Waals surface area contributed by atoms with E-state index in [1.165, 1.54) is 4.68 Å². The number of aryl methyl sites for hydroxylation is 1. The Kier molecular flexibility index (Phi) is 5.65. The van der Waals surface area contributed by atoms with Crippen molar-refractivity contribution in [3.63, 3.8) is 0 Å². The third kappa shape index (κ3) is 4.09. The molecular formula is C20H22N2O4. The zero-order chi connectivity index (χ0) is 18.5. The molecule has 1 heterocycles. The number of fused-ring (bicyclic) bond motifs is 1. The van der Waals surface area contributed by atoms with Crippen LogP contribution in [-0.4, -0.2) is 34.7 Å². The van der Waals surface area contributed by atoms with Gasteiger partial charge in [0.15, 0.2) is 0 Å². The molecule has 2 aromatic carbocycles. The number of hydrogen-bond acceptors (Lipinski definition) is 5. The van der Waals surface area contributed by atoms with Crippen molar-refractivity contribution in [1.29, 1.82) is 0 Å². The fraction of sp³-hybridized carbons (Fsp3) is 0.300. The molecule has 6 nitrogen and oxygen atoms in total. The molecule has 1 aromatic heterocycles. The summed E-state index contributed by atoms with van der Waals surface area (Å²) >= 11 is 0. The first-order chi connectivity index (χ1) is 12.6. The van der Waals surface area contributed by atoms with Gasteiger partial charge in [0.25, 0.3) is 5.56 Å². The minimum atomic E-state index is -0.820. The van der Waals surface area contributed by atoms with E-state index in [-0.39, 0.29) is 18.7 Å². The molecule has 0 fully saturated rings. The van der Waals surface area contributed by atoms with Crippen LogP contribution in [0, 0.1) is 6.92 Å². The Hall–Kier alpha value is -2.70. The topological polar surface area (TPSA) is 73.6 Å². The van der Waals surface area contributed by atoms with Gasteiger partial charge in [-0.15, -0.1) is 0 Å². The van der Waals surface area contributed by atoms with E-state index in [0.717, 1.165) is 22.4 Å². The van der Waals surface area contributed by atoms with Crippen molar-refractivity contribution in [2.24, 2.45) is 0 Å². The molecule has 0 amide bonds. The van der Waals surface area contributed by atoms with Crippen LogP contribution in [0.4, 0.5) is 0 Å². The van der Waals surface area contributed by atoms with E-state index < -0.39 is 6.10 Å². The Morgan fingerprint density at radius 3 is 2.50 bits per heavy atom. The minimum Gasteiger partial charge on any atom is -0.497 e. The first-order valence-corrected chi connectivity index (χ1v) is 8.43. The second kappa shape index (κ2) is 8.12. The normalized spacial score (nSPS) is 12.3. The molecule has 0 aliphatic rings. The van der Waals surface area contributed by atoms with E-state index in [4.69, 9.17) is 9.47 Å². The molecular weight excluding hydrogens is 332 g/mol. The highest BCUT2D eigenvalue weighted by Crippen LogP contribution is 2.13. The molecule has 1 unspecified atom stereocenters. The van der Waals surface area contributed by atoms with Crippen molar-refractivity contribution in [2.45, 2.75) is 26.2 Å². The molecule has 1 atom stereocenters. The lowest BCUT2D eigenvalue weighted by atomic mass is 10.1. The molecule has 26 heavy (non-hydrogen) atoms. The molecule has 1 N–H and O–H groups in total. The third-order valence-corrected chi connectivity index (χ3v) is 4.17. The van der Waals surface area contributed by atoms with Gasteiger partial charge < -0.3 is 14.6 Å². The number of hydrogen-bond donors (Lipinski definition) is 1. The highest BCUT2D eigenvalue weighted by molar-refractivity contribution is 5.83. The lowest BCUT2D eigenvalue weighted by Gasteiger charge is -2.14. The highest BCUT2D eigenvalue weighted by atomic mass is 16.5. The molecule has 0 aliphatic carbocycles. The number of rotatable bonds is 7. The molecule has 0 bridgehead atoms. The number of ether oxygens (including phenoxy) is 2. The van der Waals surface area contributed by atoms with E-state index >= 15 is 0 Å². The molecule has 3 rings (SSSR count). The van der Waals surface area contributed by atoms with Crippen molar-refractivity contribution < 1.29 is 14.6 Å². The predicted octanol–water partition coefficient (Wildman–Crippen LogP) is 2.29. The van der Waals surface area contributed by atoms with Crippen molar-refractivity contribution in [3.8, 4) is 5.75 Å². The molecule has 0 radical (unpaired) electrons. The minimum absolute atomic E-state index is 0.0904. The van der Waals surface area contributed by atoms with Crippen LogP contribution in [0.3, 0.4) is 0 Å². The Balaban J connectivity index is 1.61. The Labute approximate surface area is 151 Å². The van der Waals surface area contributed by atoms with E-state index in [1.807, 2.05) is 49.4 Å². The summed E-state index contributed by atoms with van der Waals surface area (Å²) in [5.41, 5.74) is 1.53. The maximum absolute atomic E-state index is 12.5. The van der Waals surface area contributed by atoms with Crippen molar-refractivity contribution in [3.05, 3.63) is 70.1 Å². The SMILES string of the molecule is COc1ccc(COCC(O)Cn2nc(C)c3ccccc3c2=O)cc1. The van der Waals surface area contributed by atoms with Gasteiger partial charge in [0.1, 0.15) is 5.75 Å². The van der Waals surface area contributed by atoms with Crippen LogP contribution in [0.2, 0.25) is 0 Å². The number of methoxy groups -OCH3 is 1. The fourth-order valence-corrected chi connectivity index (χ4v) is 2.82. The Morgan fingerprint density at radius 1 is 1.12 bits per heavy atom. The van der Waals surface area contributed by atoms with Gasteiger partial charge in [-0.2, -0.15) is 5.10 Å². The summed E-state index contributed by atoms with van der Waals surface area (Å²) in [6, 6.07) is 14.9. The first kappa shape index (κ1) is 18.1. The summed E-state index contributed by atoms with van der Waals surface area (Å²) in [7, 11) is 1.62. The van der Waals surface area contributed by atoms with Gasteiger partial charge in [0.2, 0.25) is 0 Å². The smallest absolute Gasteiger partial charge is 0.274 e. The van der Waals surface area contributed by atoms with Gasteiger partial charge >= 0.3 is 0 Å². The zero-order valence-corrected chi connectivity index (χ0v) is 14.9. The summed E-state index contributed by atoms with van der Waals surface area (Å²) in [6.07, 6.45) is -0.820. The van der Waals surface area contributed by atoms with Gasteiger partial charge in [-0.25, -0.2) is 4.68 Å². The molecule has 0 aliphatic heterocycles. The number of nitrogens with zero attached hydrogens (tertiary/aromatic N) is 2. The van der Waals surface area contributed by atoms with Crippen molar-refractivity contribution in [1.82, 2.24) is 9.78 Å². The lowest BCUT2D eigenvalue weighted by molar-refractivity contribution is 0.0180. The molecule has 0 spiro atoms. The van der Waals surface area contributed by atoms with Gasteiger partial charge in [0, 0.05) is 5.39 Å². The van der Waals surface area contributed by atoms with Crippen molar-refractivity contribution in [2.75, 3.05) is 13.7 Å². The second-order valence-electron chi connectivity index (χ2n) is 6.14. The summed E-state index contributed by atoms with van der Waals surface area (Å²) in [6.45, 7) is 2.43. The highest BCUT2D eigenvalue weighted by Gasteiger charge is 2.12. The quantitative estimate of drug-likeness (QED) is 0.705. The maximum atomic E-state index is 12.5. The third-order valence-electron chi connectivity index (χ3n) is 4.17. The molecule has 3 aromatic rings.